The second-order valence-electron chi connectivity index (χ2n) is 7.20. The predicted octanol–water partition coefficient (Wildman–Crippen LogP) is 4.47. The fourth-order valence-electron chi connectivity index (χ4n) is 3.22. The Bertz CT molecular complexity index is 1210. The first-order valence-electron chi connectivity index (χ1n) is 10.8. The van der Waals surface area contributed by atoms with Gasteiger partial charge >= 0.3 is 0 Å². The van der Waals surface area contributed by atoms with Crippen LogP contribution >= 0.6 is 0 Å². The molecule has 3 rings (SSSR count). The van der Waals surface area contributed by atoms with E-state index in [4.69, 9.17) is 14.2 Å². The number of hydrogen-bond acceptors (Lipinski definition) is 6. The van der Waals surface area contributed by atoms with Crippen molar-refractivity contribution < 1.29 is 27.4 Å². The van der Waals surface area contributed by atoms with Crippen LogP contribution in [-0.4, -0.2) is 34.6 Å². The number of sulfonamides is 1. The van der Waals surface area contributed by atoms with Crippen LogP contribution in [0.4, 0.5) is 11.4 Å². The molecule has 34 heavy (non-hydrogen) atoms. The van der Waals surface area contributed by atoms with Gasteiger partial charge in [-0.2, -0.15) is 0 Å². The number of hydrogen-bond donors (Lipinski definition) is 2. The first-order chi connectivity index (χ1) is 16.4. The largest absolute Gasteiger partial charge is 0.497 e. The average Bonchev–Trinajstić information content (AvgIpc) is 2.82. The van der Waals surface area contributed by atoms with E-state index in [0.717, 1.165) is 5.56 Å². The van der Waals surface area contributed by atoms with Gasteiger partial charge in [-0.3, -0.25) is 9.52 Å². The third-order valence-corrected chi connectivity index (χ3v) is 6.16. The molecule has 3 aromatic rings. The second-order valence-corrected chi connectivity index (χ2v) is 8.88. The summed E-state index contributed by atoms with van der Waals surface area (Å²) in [6.07, 6.45) is 0.183. The van der Waals surface area contributed by atoms with E-state index in [1.807, 2.05) is 30.3 Å². The van der Waals surface area contributed by atoms with Gasteiger partial charge in [0.05, 0.1) is 43.0 Å². The lowest BCUT2D eigenvalue weighted by molar-refractivity contribution is -0.115. The number of anilines is 2. The van der Waals surface area contributed by atoms with E-state index < -0.39 is 10.0 Å². The zero-order valence-electron chi connectivity index (χ0n) is 19.3. The molecule has 0 aliphatic carbocycles. The third-order valence-electron chi connectivity index (χ3n) is 4.78. The number of amides is 1. The normalized spacial score (nSPS) is 10.9. The van der Waals surface area contributed by atoms with Crippen molar-refractivity contribution in [1.29, 1.82) is 0 Å². The molecule has 0 aromatic heterocycles. The molecule has 180 valence electrons. The van der Waals surface area contributed by atoms with E-state index in [0.29, 0.717) is 30.4 Å². The van der Waals surface area contributed by atoms with Crippen molar-refractivity contribution in [3.63, 3.8) is 0 Å². The van der Waals surface area contributed by atoms with Gasteiger partial charge in [0, 0.05) is 12.1 Å². The van der Waals surface area contributed by atoms with Crippen molar-refractivity contribution in [3.8, 4) is 17.2 Å². The summed E-state index contributed by atoms with van der Waals surface area (Å²) >= 11 is 0. The Hall–Kier alpha value is -3.72. The molecule has 8 nitrogen and oxygen atoms in total. The number of methoxy groups -OCH3 is 1. The van der Waals surface area contributed by atoms with Crippen molar-refractivity contribution in [1.82, 2.24) is 0 Å². The van der Waals surface area contributed by atoms with Crippen LogP contribution in [0.3, 0.4) is 0 Å². The van der Waals surface area contributed by atoms with Gasteiger partial charge in [0.1, 0.15) is 17.2 Å². The number of benzene rings is 3. The van der Waals surface area contributed by atoms with Crippen molar-refractivity contribution in [3.05, 3.63) is 72.3 Å². The van der Waals surface area contributed by atoms with Crippen LogP contribution in [-0.2, 0) is 21.2 Å². The summed E-state index contributed by atoms with van der Waals surface area (Å²) in [6, 6.07) is 18.4. The number of rotatable bonds is 11. The van der Waals surface area contributed by atoms with Gasteiger partial charge in [-0.15, -0.1) is 0 Å². The number of carbonyl (C=O) groups is 1. The number of ether oxygens (including phenoxy) is 3. The highest BCUT2D eigenvalue weighted by molar-refractivity contribution is 7.92. The monoisotopic (exact) mass is 484 g/mol. The first kappa shape index (κ1) is 24.9. The Balaban J connectivity index is 1.91. The van der Waals surface area contributed by atoms with Gasteiger partial charge in [0.25, 0.3) is 10.0 Å². The van der Waals surface area contributed by atoms with Crippen LogP contribution in [0.25, 0.3) is 0 Å². The Kier molecular flexibility index (Phi) is 8.37. The van der Waals surface area contributed by atoms with Gasteiger partial charge in [-0.25, -0.2) is 8.42 Å². The van der Waals surface area contributed by atoms with Crippen molar-refractivity contribution in [2.45, 2.75) is 25.2 Å². The molecule has 0 aliphatic rings. The maximum Gasteiger partial charge on any atom is 0.262 e. The smallest absolute Gasteiger partial charge is 0.262 e. The van der Waals surface area contributed by atoms with Gasteiger partial charge in [0.2, 0.25) is 5.91 Å². The molecule has 0 saturated carbocycles. The van der Waals surface area contributed by atoms with Crippen LogP contribution < -0.4 is 24.2 Å². The Morgan fingerprint density at radius 2 is 1.44 bits per heavy atom. The van der Waals surface area contributed by atoms with E-state index in [1.54, 1.807) is 32.0 Å². The molecule has 0 radical (unpaired) electrons. The van der Waals surface area contributed by atoms with Gasteiger partial charge in [-0.05, 0) is 43.7 Å². The number of nitrogens with one attached hydrogen (secondary N) is 2. The van der Waals surface area contributed by atoms with Gasteiger partial charge in [0.15, 0.2) is 0 Å². The summed E-state index contributed by atoms with van der Waals surface area (Å²) in [5, 5.41) is 2.84. The molecule has 0 spiro atoms. The van der Waals surface area contributed by atoms with Crippen molar-refractivity contribution in [2.75, 3.05) is 30.4 Å². The quantitative estimate of drug-likeness (QED) is 0.416. The number of carbonyl (C=O) groups excluding carboxylic acids is 1. The molecule has 1 amide bonds. The zero-order chi connectivity index (χ0) is 24.6. The van der Waals surface area contributed by atoms with Crippen molar-refractivity contribution in [2.24, 2.45) is 0 Å². The highest BCUT2D eigenvalue weighted by Gasteiger charge is 2.20. The molecular formula is C25H28N2O6S. The molecule has 0 saturated heterocycles. The maximum atomic E-state index is 13.0. The highest BCUT2D eigenvalue weighted by atomic mass is 32.2. The van der Waals surface area contributed by atoms with E-state index in [-0.39, 0.29) is 28.7 Å². The van der Waals surface area contributed by atoms with E-state index >= 15 is 0 Å². The minimum atomic E-state index is -3.92. The van der Waals surface area contributed by atoms with Gasteiger partial charge < -0.3 is 19.5 Å². The fraction of sp³-hybridized carbons (Fsp3) is 0.240. The predicted molar refractivity (Wildman–Crippen MR) is 131 cm³/mol. The van der Waals surface area contributed by atoms with Crippen molar-refractivity contribution >= 4 is 27.3 Å². The topological polar surface area (TPSA) is 103 Å². The fourth-order valence-corrected chi connectivity index (χ4v) is 4.28. The van der Waals surface area contributed by atoms with Crippen LogP contribution in [0, 0.1) is 0 Å². The Morgan fingerprint density at radius 3 is 2.03 bits per heavy atom. The zero-order valence-corrected chi connectivity index (χ0v) is 20.1. The highest BCUT2D eigenvalue weighted by Crippen LogP contribution is 2.38. The molecule has 0 bridgehead atoms. The van der Waals surface area contributed by atoms with Crippen LogP contribution in [0.2, 0.25) is 0 Å². The summed E-state index contributed by atoms with van der Waals surface area (Å²) in [7, 11) is -2.41. The summed E-state index contributed by atoms with van der Waals surface area (Å²) < 4.78 is 45.0. The van der Waals surface area contributed by atoms with Gasteiger partial charge in [-0.1, -0.05) is 30.3 Å². The molecule has 0 unspecified atom stereocenters. The summed E-state index contributed by atoms with van der Waals surface area (Å²) in [4.78, 5) is 12.7. The standard InChI is InChI=1S/C25H28N2O6S/c1-4-32-23-17-22(27-34(29,30)20-13-11-19(31-3)12-14-20)24(33-5-2)16-21(23)26-25(28)15-18-9-7-6-8-10-18/h6-14,16-17,27H,4-5,15H2,1-3H3,(H,26,28). The molecule has 0 aliphatic heterocycles. The first-order valence-corrected chi connectivity index (χ1v) is 12.3. The minimum Gasteiger partial charge on any atom is -0.497 e. The lowest BCUT2D eigenvalue weighted by atomic mass is 10.1. The van der Waals surface area contributed by atoms with E-state index in [9.17, 15) is 13.2 Å². The maximum absolute atomic E-state index is 13.0. The van der Waals surface area contributed by atoms with Crippen LogP contribution in [0.15, 0.2) is 71.6 Å². The SMILES string of the molecule is CCOc1cc(NS(=O)(=O)c2ccc(OC)cc2)c(OCC)cc1NC(=O)Cc1ccccc1. The molecule has 9 heteroatoms. The second kappa shape index (κ2) is 11.4. The third kappa shape index (κ3) is 6.41. The lowest BCUT2D eigenvalue weighted by Gasteiger charge is -2.18. The lowest BCUT2D eigenvalue weighted by Crippen LogP contribution is -2.17. The molecule has 0 fully saturated rings. The summed E-state index contributed by atoms with van der Waals surface area (Å²) in [5.74, 6) is 0.891. The van der Waals surface area contributed by atoms with E-state index in [2.05, 4.69) is 10.0 Å². The summed E-state index contributed by atoms with van der Waals surface area (Å²) in [5.41, 5.74) is 1.45. The molecule has 2 N–H and O–H groups in total. The van der Waals surface area contributed by atoms with Crippen LogP contribution in [0.5, 0.6) is 17.2 Å². The van der Waals surface area contributed by atoms with Crippen LogP contribution in [0.1, 0.15) is 19.4 Å². The Morgan fingerprint density at radius 1 is 0.853 bits per heavy atom. The molecule has 0 heterocycles. The average molecular weight is 485 g/mol. The molecular weight excluding hydrogens is 456 g/mol. The minimum absolute atomic E-state index is 0.0638. The van der Waals surface area contributed by atoms with E-state index in [1.165, 1.54) is 25.3 Å². The molecule has 3 aromatic carbocycles. The Labute approximate surface area is 199 Å². The molecule has 0 atom stereocenters. The summed E-state index contributed by atoms with van der Waals surface area (Å²) in [6.45, 7) is 4.20.